The Morgan fingerprint density at radius 1 is 1.36 bits per heavy atom. The first-order valence-electron chi connectivity index (χ1n) is 10.6. The molecule has 2 unspecified atom stereocenters. The van der Waals surface area contributed by atoms with Gasteiger partial charge in [-0.1, -0.05) is 13.8 Å². The lowest BCUT2D eigenvalue weighted by molar-refractivity contribution is -0.126. The van der Waals surface area contributed by atoms with E-state index in [2.05, 4.69) is 34.5 Å². The summed E-state index contributed by atoms with van der Waals surface area (Å²) < 4.78 is 1.95. The molecule has 1 aliphatic carbocycles. The highest BCUT2D eigenvalue weighted by Crippen LogP contribution is 2.45. The van der Waals surface area contributed by atoms with Gasteiger partial charge < -0.3 is 15.5 Å². The van der Waals surface area contributed by atoms with Crippen LogP contribution in [-0.2, 0) is 17.6 Å². The Bertz CT molecular complexity index is 902. The molecular weight excluding hydrogens is 352 g/mol. The normalized spacial score (nSPS) is 27.6. The molecule has 3 aliphatic rings. The maximum atomic E-state index is 12.7. The van der Waals surface area contributed by atoms with Gasteiger partial charge in [-0.3, -0.25) is 4.79 Å². The first-order chi connectivity index (χ1) is 13.5. The van der Waals surface area contributed by atoms with Gasteiger partial charge in [0.25, 0.3) is 0 Å². The van der Waals surface area contributed by atoms with Crippen molar-refractivity contribution in [1.29, 1.82) is 0 Å². The summed E-state index contributed by atoms with van der Waals surface area (Å²) in [6, 6.07) is 1.96. The van der Waals surface area contributed by atoms with Crippen molar-refractivity contribution in [1.82, 2.24) is 25.2 Å². The predicted octanol–water partition coefficient (Wildman–Crippen LogP) is 1.41. The van der Waals surface area contributed by atoms with Gasteiger partial charge in [0.15, 0.2) is 5.65 Å². The second-order valence-electron chi connectivity index (χ2n) is 9.13. The van der Waals surface area contributed by atoms with Crippen LogP contribution in [0.4, 0.5) is 5.82 Å². The molecule has 150 valence electrons. The zero-order valence-corrected chi connectivity index (χ0v) is 16.9. The lowest BCUT2D eigenvalue weighted by atomic mass is 9.62. The van der Waals surface area contributed by atoms with E-state index < -0.39 is 0 Å². The van der Waals surface area contributed by atoms with Gasteiger partial charge in [-0.25, -0.2) is 4.98 Å². The molecule has 28 heavy (non-hydrogen) atoms. The van der Waals surface area contributed by atoms with Gasteiger partial charge in [-0.05, 0) is 37.1 Å². The number of hydrogen-bond acceptors (Lipinski definition) is 5. The maximum Gasteiger partial charge on any atom is 0.226 e. The van der Waals surface area contributed by atoms with Gasteiger partial charge in [0.1, 0.15) is 5.82 Å². The standard InChI is InChI=1S/C21H30N6O/c1-14-3-7-21(14,2)13-23-19(28)15-11-26(12-15)20-16-4-8-22-9-5-17(16)25-18-6-10-24-27(18)20/h6,10,14-15,22H,3-5,7-9,11-13H2,1-2H3,(H,23,28). The summed E-state index contributed by atoms with van der Waals surface area (Å²) in [5, 5.41) is 11.2. The Hall–Kier alpha value is -2.15. The molecule has 1 amide bonds. The summed E-state index contributed by atoms with van der Waals surface area (Å²) in [4.78, 5) is 19.8. The number of fused-ring (bicyclic) bond motifs is 2. The Kier molecular flexibility index (Phi) is 4.30. The molecule has 2 aromatic rings. The highest BCUT2D eigenvalue weighted by Gasteiger charge is 2.41. The van der Waals surface area contributed by atoms with Crippen LogP contribution in [0, 0.1) is 17.3 Å². The molecule has 2 atom stereocenters. The minimum Gasteiger partial charge on any atom is -0.355 e. The van der Waals surface area contributed by atoms with E-state index in [9.17, 15) is 4.79 Å². The van der Waals surface area contributed by atoms with E-state index in [1.807, 2.05) is 16.8 Å². The summed E-state index contributed by atoms with van der Waals surface area (Å²) in [6.07, 6.45) is 6.22. The molecule has 0 bridgehead atoms. The number of aromatic nitrogens is 3. The van der Waals surface area contributed by atoms with Crippen molar-refractivity contribution < 1.29 is 4.79 Å². The second-order valence-corrected chi connectivity index (χ2v) is 9.13. The number of amides is 1. The maximum absolute atomic E-state index is 12.7. The van der Waals surface area contributed by atoms with Gasteiger partial charge in [-0.2, -0.15) is 9.61 Å². The van der Waals surface area contributed by atoms with Crippen molar-refractivity contribution in [3.05, 3.63) is 23.5 Å². The van der Waals surface area contributed by atoms with Crippen LogP contribution in [-0.4, -0.2) is 53.2 Å². The van der Waals surface area contributed by atoms with Gasteiger partial charge >= 0.3 is 0 Å². The molecular formula is C21H30N6O. The number of hydrogen-bond donors (Lipinski definition) is 2. The Morgan fingerprint density at radius 3 is 2.93 bits per heavy atom. The average molecular weight is 383 g/mol. The third-order valence-electron chi connectivity index (χ3n) is 7.34. The molecule has 7 heteroatoms. The zero-order valence-electron chi connectivity index (χ0n) is 16.9. The van der Waals surface area contributed by atoms with Crippen molar-refractivity contribution in [2.75, 3.05) is 37.6 Å². The van der Waals surface area contributed by atoms with Crippen LogP contribution in [0.25, 0.3) is 5.65 Å². The van der Waals surface area contributed by atoms with Gasteiger partial charge in [-0.15, -0.1) is 0 Å². The van der Waals surface area contributed by atoms with Crippen LogP contribution < -0.4 is 15.5 Å². The van der Waals surface area contributed by atoms with E-state index in [1.165, 1.54) is 24.1 Å². The number of nitrogens with one attached hydrogen (secondary N) is 2. The van der Waals surface area contributed by atoms with Crippen molar-refractivity contribution in [2.45, 2.75) is 39.5 Å². The topological polar surface area (TPSA) is 74.6 Å². The molecule has 0 aromatic carbocycles. The van der Waals surface area contributed by atoms with Crippen molar-refractivity contribution in [3.63, 3.8) is 0 Å². The summed E-state index contributed by atoms with van der Waals surface area (Å²) in [5.41, 5.74) is 3.65. The van der Waals surface area contributed by atoms with E-state index in [0.717, 1.165) is 57.0 Å². The summed E-state index contributed by atoms with van der Waals surface area (Å²) in [6.45, 7) is 8.84. The quantitative estimate of drug-likeness (QED) is 0.836. The van der Waals surface area contributed by atoms with Crippen LogP contribution in [0.1, 0.15) is 37.9 Å². The number of carbonyl (C=O) groups is 1. The molecule has 7 nitrogen and oxygen atoms in total. The zero-order chi connectivity index (χ0) is 19.3. The molecule has 1 saturated carbocycles. The number of carbonyl (C=O) groups excluding carboxylic acids is 1. The minimum absolute atomic E-state index is 0.0670. The van der Waals surface area contributed by atoms with E-state index in [1.54, 1.807) is 0 Å². The van der Waals surface area contributed by atoms with Gasteiger partial charge in [0, 0.05) is 44.2 Å². The summed E-state index contributed by atoms with van der Waals surface area (Å²) in [7, 11) is 0. The molecule has 0 spiro atoms. The van der Waals surface area contributed by atoms with E-state index >= 15 is 0 Å². The molecule has 2 N–H and O–H groups in total. The second kappa shape index (κ2) is 6.72. The van der Waals surface area contributed by atoms with E-state index in [-0.39, 0.29) is 17.2 Å². The third-order valence-corrected chi connectivity index (χ3v) is 7.34. The fourth-order valence-electron chi connectivity index (χ4n) is 4.78. The molecule has 2 fully saturated rings. The number of anilines is 1. The fourth-order valence-corrected chi connectivity index (χ4v) is 4.78. The summed E-state index contributed by atoms with van der Waals surface area (Å²) >= 11 is 0. The molecule has 1 saturated heterocycles. The largest absolute Gasteiger partial charge is 0.355 e. The SMILES string of the molecule is CC1CCC1(C)CNC(=O)C1CN(c2c3c(nc4ccnn24)CCNCC3)C1. The first-order valence-corrected chi connectivity index (χ1v) is 10.6. The van der Waals surface area contributed by atoms with Crippen LogP contribution in [0.15, 0.2) is 12.3 Å². The number of rotatable bonds is 4. The van der Waals surface area contributed by atoms with Crippen LogP contribution in [0.5, 0.6) is 0 Å². The van der Waals surface area contributed by atoms with Crippen molar-refractivity contribution in [2.24, 2.45) is 17.3 Å². The lowest BCUT2D eigenvalue weighted by Gasteiger charge is -2.46. The van der Waals surface area contributed by atoms with Crippen molar-refractivity contribution in [3.8, 4) is 0 Å². The predicted molar refractivity (Wildman–Crippen MR) is 108 cm³/mol. The van der Waals surface area contributed by atoms with E-state index in [0.29, 0.717) is 5.92 Å². The minimum atomic E-state index is 0.0670. The lowest BCUT2D eigenvalue weighted by Crippen LogP contribution is -2.56. The Balaban J connectivity index is 1.31. The monoisotopic (exact) mass is 382 g/mol. The molecule has 4 heterocycles. The number of nitrogens with zero attached hydrogens (tertiary/aromatic N) is 4. The molecule has 0 radical (unpaired) electrons. The fraction of sp³-hybridized carbons (Fsp3) is 0.667. The smallest absolute Gasteiger partial charge is 0.226 e. The van der Waals surface area contributed by atoms with Gasteiger partial charge in [0.2, 0.25) is 5.91 Å². The van der Waals surface area contributed by atoms with Crippen LogP contribution >= 0.6 is 0 Å². The molecule has 2 aliphatic heterocycles. The third kappa shape index (κ3) is 2.87. The van der Waals surface area contributed by atoms with E-state index in [4.69, 9.17) is 4.98 Å². The Morgan fingerprint density at radius 2 is 2.18 bits per heavy atom. The Labute approximate surface area is 165 Å². The van der Waals surface area contributed by atoms with Crippen molar-refractivity contribution >= 4 is 17.4 Å². The van der Waals surface area contributed by atoms with Crippen LogP contribution in [0.3, 0.4) is 0 Å². The highest BCUT2D eigenvalue weighted by molar-refractivity contribution is 5.82. The average Bonchev–Trinajstić information content (AvgIpc) is 3.00. The first kappa shape index (κ1) is 17.9. The highest BCUT2D eigenvalue weighted by atomic mass is 16.2. The molecule has 2 aromatic heterocycles. The van der Waals surface area contributed by atoms with Gasteiger partial charge in [0.05, 0.1) is 17.8 Å². The summed E-state index contributed by atoms with van der Waals surface area (Å²) in [5.74, 6) is 2.12. The van der Waals surface area contributed by atoms with Crippen LogP contribution in [0.2, 0.25) is 0 Å². The molecule has 5 rings (SSSR count).